The fourth-order valence-corrected chi connectivity index (χ4v) is 3.10. The van der Waals surface area contributed by atoms with Gasteiger partial charge in [-0.05, 0) is 55.1 Å². The van der Waals surface area contributed by atoms with Crippen molar-refractivity contribution < 1.29 is 4.79 Å². The smallest absolute Gasteiger partial charge is 0.227 e. The van der Waals surface area contributed by atoms with Gasteiger partial charge in [0.2, 0.25) is 5.91 Å². The first-order chi connectivity index (χ1) is 11.6. The molecule has 1 atom stereocenters. The zero-order valence-corrected chi connectivity index (χ0v) is 14.3. The summed E-state index contributed by atoms with van der Waals surface area (Å²) in [5.41, 5.74) is 1.90. The number of likely N-dealkylation sites (N-methyl/N-ethyl adjacent to an activating group) is 1. The molecular weight excluding hydrogens is 304 g/mol. The van der Waals surface area contributed by atoms with E-state index in [1.165, 1.54) is 6.42 Å². The van der Waals surface area contributed by atoms with Crippen molar-refractivity contribution in [3.05, 3.63) is 36.2 Å². The summed E-state index contributed by atoms with van der Waals surface area (Å²) in [6.45, 7) is 1.69. The first kappa shape index (κ1) is 16.6. The fourth-order valence-electron chi connectivity index (χ4n) is 3.10. The van der Waals surface area contributed by atoms with Gasteiger partial charge in [0.15, 0.2) is 0 Å². The molecule has 1 fully saturated rings. The van der Waals surface area contributed by atoms with Crippen LogP contribution in [0.25, 0.3) is 5.69 Å². The summed E-state index contributed by atoms with van der Waals surface area (Å²) in [5.74, 6) is 0.207. The Bertz CT molecular complexity index is 652. The number of nitrogens with zero attached hydrogens (tertiary/aromatic N) is 6. The maximum atomic E-state index is 12.7. The van der Waals surface area contributed by atoms with Crippen LogP contribution in [0.1, 0.15) is 24.8 Å². The van der Waals surface area contributed by atoms with E-state index in [1.54, 1.807) is 11.0 Å². The van der Waals surface area contributed by atoms with Crippen molar-refractivity contribution in [1.82, 2.24) is 30.0 Å². The molecule has 0 radical (unpaired) electrons. The molecule has 0 aliphatic carbocycles. The topological polar surface area (TPSA) is 67.2 Å². The minimum absolute atomic E-state index is 0.207. The number of rotatable bonds is 4. The number of hydrogen-bond acceptors (Lipinski definition) is 5. The molecule has 3 rings (SSSR count). The van der Waals surface area contributed by atoms with Crippen LogP contribution in [0.5, 0.6) is 0 Å². The van der Waals surface area contributed by atoms with E-state index >= 15 is 0 Å². The van der Waals surface area contributed by atoms with Gasteiger partial charge in [0.25, 0.3) is 0 Å². The summed E-state index contributed by atoms with van der Waals surface area (Å²) in [6, 6.07) is 8.26. The molecule has 0 saturated carbocycles. The Hall–Kier alpha value is -2.28. The molecule has 1 unspecified atom stereocenters. The van der Waals surface area contributed by atoms with Gasteiger partial charge in [-0.2, -0.15) is 0 Å². The molecule has 2 heterocycles. The standard InChI is InChI=1S/C17H24N6O/c1-21(2)16-5-3-4-10-22(12-16)17(24)11-14-6-8-15(9-7-14)23-13-18-19-20-23/h6-9,13,16H,3-5,10-12H2,1-2H3. The van der Waals surface area contributed by atoms with Gasteiger partial charge in [-0.1, -0.05) is 18.6 Å². The maximum absolute atomic E-state index is 12.7. The number of carbonyl (C=O) groups excluding carboxylic acids is 1. The lowest BCUT2D eigenvalue weighted by atomic mass is 10.1. The van der Waals surface area contributed by atoms with E-state index in [0.717, 1.165) is 37.2 Å². The summed E-state index contributed by atoms with van der Waals surface area (Å²) >= 11 is 0. The summed E-state index contributed by atoms with van der Waals surface area (Å²) in [6.07, 6.45) is 5.44. The quantitative estimate of drug-likeness (QED) is 0.842. The van der Waals surface area contributed by atoms with E-state index in [-0.39, 0.29) is 5.91 Å². The van der Waals surface area contributed by atoms with Gasteiger partial charge in [-0.15, -0.1) is 5.10 Å². The first-order valence-electron chi connectivity index (χ1n) is 8.40. The Morgan fingerprint density at radius 3 is 2.71 bits per heavy atom. The summed E-state index contributed by atoms with van der Waals surface area (Å²) < 4.78 is 1.60. The number of tetrazole rings is 1. The molecular formula is C17H24N6O. The molecule has 0 bridgehead atoms. The molecule has 7 nitrogen and oxygen atoms in total. The van der Waals surface area contributed by atoms with Crippen LogP contribution in [-0.4, -0.2) is 69.1 Å². The highest BCUT2D eigenvalue weighted by molar-refractivity contribution is 5.79. The van der Waals surface area contributed by atoms with Crippen molar-refractivity contribution in [2.24, 2.45) is 0 Å². The van der Waals surface area contributed by atoms with Crippen molar-refractivity contribution in [3.63, 3.8) is 0 Å². The molecule has 1 saturated heterocycles. The molecule has 0 spiro atoms. The Morgan fingerprint density at radius 1 is 1.25 bits per heavy atom. The van der Waals surface area contributed by atoms with Crippen molar-refractivity contribution >= 4 is 5.91 Å². The minimum atomic E-state index is 0.207. The number of benzene rings is 1. The lowest BCUT2D eigenvalue weighted by Gasteiger charge is -2.28. The van der Waals surface area contributed by atoms with Crippen molar-refractivity contribution in [1.29, 1.82) is 0 Å². The lowest BCUT2D eigenvalue weighted by Crippen LogP contribution is -2.42. The van der Waals surface area contributed by atoms with Crippen LogP contribution in [-0.2, 0) is 11.2 Å². The van der Waals surface area contributed by atoms with E-state index in [1.807, 2.05) is 29.2 Å². The van der Waals surface area contributed by atoms with E-state index < -0.39 is 0 Å². The Balaban J connectivity index is 1.63. The Labute approximate surface area is 142 Å². The van der Waals surface area contributed by atoms with Gasteiger partial charge in [0, 0.05) is 19.1 Å². The van der Waals surface area contributed by atoms with Crippen molar-refractivity contribution in [3.8, 4) is 5.69 Å². The minimum Gasteiger partial charge on any atom is -0.341 e. The van der Waals surface area contributed by atoms with Gasteiger partial charge < -0.3 is 9.80 Å². The molecule has 128 valence electrons. The molecule has 1 aromatic carbocycles. The molecule has 0 N–H and O–H groups in total. The molecule has 1 aliphatic rings. The molecule has 24 heavy (non-hydrogen) atoms. The largest absolute Gasteiger partial charge is 0.341 e. The van der Waals surface area contributed by atoms with E-state index in [4.69, 9.17) is 0 Å². The lowest BCUT2D eigenvalue weighted by molar-refractivity contribution is -0.131. The first-order valence-corrected chi connectivity index (χ1v) is 8.40. The van der Waals surface area contributed by atoms with Gasteiger partial charge in [0.1, 0.15) is 6.33 Å². The fraction of sp³-hybridized carbons (Fsp3) is 0.529. The summed E-state index contributed by atoms with van der Waals surface area (Å²) in [7, 11) is 4.19. The van der Waals surface area contributed by atoms with Gasteiger partial charge in [-0.3, -0.25) is 4.79 Å². The molecule has 1 aromatic heterocycles. The highest BCUT2D eigenvalue weighted by atomic mass is 16.2. The highest BCUT2D eigenvalue weighted by Crippen LogP contribution is 2.16. The molecule has 1 amide bonds. The van der Waals surface area contributed by atoms with Gasteiger partial charge in [-0.25, -0.2) is 4.68 Å². The third-order valence-corrected chi connectivity index (χ3v) is 4.63. The number of amides is 1. The van der Waals surface area contributed by atoms with E-state index in [0.29, 0.717) is 12.5 Å². The number of carbonyl (C=O) groups is 1. The van der Waals surface area contributed by atoms with Crippen LogP contribution in [0.2, 0.25) is 0 Å². The predicted octanol–water partition coefficient (Wildman–Crippen LogP) is 1.15. The Morgan fingerprint density at radius 2 is 2.04 bits per heavy atom. The number of aromatic nitrogens is 4. The second kappa shape index (κ2) is 7.53. The van der Waals surface area contributed by atoms with Crippen LogP contribution in [0.3, 0.4) is 0 Å². The van der Waals surface area contributed by atoms with Crippen LogP contribution in [0.4, 0.5) is 0 Å². The second-order valence-corrected chi connectivity index (χ2v) is 6.55. The number of likely N-dealkylation sites (tertiary alicyclic amines) is 1. The van der Waals surface area contributed by atoms with Gasteiger partial charge in [0.05, 0.1) is 12.1 Å². The monoisotopic (exact) mass is 328 g/mol. The van der Waals surface area contributed by atoms with E-state index in [9.17, 15) is 4.79 Å². The molecule has 2 aromatic rings. The third-order valence-electron chi connectivity index (χ3n) is 4.63. The second-order valence-electron chi connectivity index (χ2n) is 6.55. The van der Waals surface area contributed by atoms with Crippen molar-refractivity contribution in [2.45, 2.75) is 31.7 Å². The molecule has 7 heteroatoms. The predicted molar refractivity (Wildman–Crippen MR) is 90.8 cm³/mol. The van der Waals surface area contributed by atoms with Crippen LogP contribution in [0, 0.1) is 0 Å². The Kier molecular flexibility index (Phi) is 5.20. The molecule has 1 aliphatic heterocycles. The zero-order chi connectivity index (χ0) is 16.9. The van der Waals surface area contributed by atoms with Crippen molar-refractivity contribution in [2.75, 3.05) is 27.2 Å². The summed E-state index contributed by atoms with van der Waals surface area (Å²) in [4.78, 5) is 16.9. The highest BCUT2D eigenvalue weighted by Gasteiger charge is 2.23. The SMILES string of the molecule is CN(C)C1CCCCN(C(=O)Cc2ccc(-n3cnnn3)cc2)C1. The van der Waals surface area contributed by atoms with E-state index in [2.05, 4.69) is 34.5 Å². The average molecular weight is 328 g/mol. The van der Waals surface area contributed by atoms with Gasteiger partial charge >= 0.3 is 0 Å². The zero-order valence-electron chi connectivity index (χ0n) is 14.3. The van der Waals surface area contributed by atoms with Crippen LogP contribution < -0.4 is 0 Å². The normalized spacial score (nSPS) is 18.6. The third kappa shape index (κ3) is 3.97. The van der Waals surface area contributed by atoms with Crippen LogP contribution in [0.15, 0.2) is 30.6 Å². The van der Waals surface area contributed by atoms with Crippen LogP contribution >= 0.6 is 0 Å². The average Bonchev–Trinajstić information content (AvgIpc) is 2.99. The summed E-state index contributed by atoms with van der Waals surface area (Å²) in [5, 5.41) is 11.1. The maximum Gasteiger partial charge on any atom is 0.227 e. The number of hydrogen-bond donors (Lipinski definition) is 0.